The van der Waals surface area contributed by atoms with Crippen molar-refractivity contribution < 1.29 is 19.1 Å². The van der Waals surface area contributed by atoms with Crippen LogP contribution in [0, 0.1) is 10.5 Å². The Morgan fingerprint density at radius 2 is 1.83 bits per heavy atom. The molecule has 0 heterocycles. The maximum Gasteiger partial charge on any atom is 0.338 e. The first-order chi connectivity index (χ1) is 11.5. The van der Waals surface area contributed by atoms with Crippen molar-refractivity contribution >= 4 is 40.2 Å². The number of carbonyl (C=O) groups is 2. The summed E-state index contributed by atoms with van der Waals surface area (Å²) < 4.78 is 11.5. The van der Waals surface area contributed by atoms with Crippen LogP contribution in [0.4, 0.5) is 5.69 Å². The number of ether oxygens (including phenoxy) is 2. The van der Waals surface area contributed by atoms with E-state index < -0.39 is 0 Å². The molecule has 0 saturated carbocycles. The van der Waals surface area contributed by atoms with Crippen molar-refractivity contribution in [2.24, 2.45) is 0 Å². The van der Waals surface area contributed by atoms with E-state index in [4.69, 9.17) is 9.47 Å². The van der Waals surface area contributed by atoms with Crippen molar-refractivity contribution in [1.29, 1.82) is 0 Å². The van der Waals surface area contributed by atoms with E-state index in [-0.39, 0.29) is 18.5 Å². The zero-order valence-electron chi connectivity index (χ0n) is 13.5. The quantitative estimate of drug-likeness (QED) is 0.550. The number of esters is 1. The van der Waals surface area contributed by atoms with Gasteiger partial charge in [-0.3, -0.25) is 4.79 Å². The van der Waals surface area contributed by atoms with Gasteiger partial charge in [-0.1, -0.05) is 0 Å². The van der Waals surface area contributed by atoms with Gasteiger partial charge in [0, 0.05) is 9.26 Å². The number of carbonyl (C=O) groups excluding carboxylic acids is 2. The number of nitrogens with one attached hydrogen (secondary N) is 1. The molecule has 126 valence electrons. The number of anilines is 1. The highest BCUT2D eigenvalue weighted by atomic mass is 127. The molecule has 2 rings (SSSR count). The average Bonchev–Trinajstić information content (AvgIpc) is 2.56. The molecule has 0 radical (unpaired) electrons. The van der Waals surface area contributed by atoms with Gasteiger partial charge in [-0.05, 0) is 84.5 Å². The molecule has 0 aliphatic carbocycles. The first kappa shape index (κ1) is 18.3. The molecule has 24 heavy (non-hydrogen) atoms. The molecule has 6 heteroatoms. The van der Waals surface area contributed by atoms with Gasteiger partial charge in [0.25, 0.3) is 5.91 Å². The molecule has 1 N–H and O–H groups in total. The monoisotopic (exact) mass is 439 g/mol. The molecule has 0 aliphatic rings. The van der Waals surface area contributed by atoms with Crippen LogP contribution in [0.15, 0.2) is 42.5 Å². The Balaban J connectivity index is 1.88. The summed E-state index contributed by atoms with van der Waals surface area (Å²) in [6, 6.07) is 12.3. The summed E-state index contributed by atoms with van der Waals surface area (Å²) >= 11 is 2.22. The second-order valence-corrected chi connectivity index (χ2v) is 6.29. The highest BCUT2D eigenvalue weighted by molar-refractivity contribution is 14.1. The van der Waals surface area contributed by atoms with Gasteiger partial charge in [-0.15, -0.1) is 0 Å². The molecule has 0 spiro atoms. The zero-order chi connectivity index (χ0) is 17.5. The maximum absolute atomic E-state index is 12.0. The average molecular weight is 439 g/mol. The van der Waals surface area contributed by atoms with Crippen molar-refractivity contribution in [2.45, 2.75) is 13.8 Å². The normalized spacial score (nSPS) is 10.1. The van der Waals surface area contributed by atoms with E-state index in [0.29, 0.717) is 17.9 Å². The minimum Gasteiger partial charge on any atom is -0.484 e. The number of hydrogen-bond acceptors (Lipinski definition) is 4. The second kappa shape index (κ2) is 8.68. The molecular weight excluding hydrogens is 421 g/mol. The van der Waals surface area contributed by atoms with Crippen molar-refractivity contribution in [3.05, 3.63) is 57.2 Å². The van der Waals surface area contributed by atoms with Crippen molar-refractivity contribution in [3.63, 3.8) is 0 Å². The Morgan fingerprint density at radius 1 is 1.12 bits per heavy atom. The molecule has 0 saturated heterocycles. The number of aryl methyl sites for hydroxylation is 1. The molecule has 1 amide bonds. The number of amides is 1. The van der Waals surface area contributed by atoms with Gasteiger partial charge in [0.2, 0.25) is 0 Å². The fourth-order valence-electron chi connectivity index (χ4n) is 2.00. The predicted molar refractivity (Wildman–Crippen MR) is 100 cm³/mol. The third kappa shape index (κ3) is 5.23. The largest absolute Gasteiger partial charge is 0.484 e. The first-order valence-electron chi connectivity index (χ1n) is 7.45. The molecule has 0 bridgehead atoms. The summed E-state index contributed by atoms with van der Waals surface area (Å²) in [6.07, 6.45) is 0. The van der Waals surface area contributed by atoms with Crippen LogP contribution in [-0.2, 0) is 9.53 Å². The smallest absolute Gasteiger partial charge is 0.338 e. The number of rotatable bonds is 6. The Bertz CT molecular complexity index is 728. The molecule has 5 nitrogen and oxygen atoms in total. The molecule has 2 aromatic carbocycles. The Hall–Kier alpha value is -2.09. The summed E-state index contributed by atoms with van der Waals surface area (Å²) in [7, 11) is 0. The van der Waals surface area contributed by atoms with E-state index in [1.54, 1.807) is 31.2 Å². The molecule has 0 unspecified atom stereocenters. The zero-order valence-corrected chi connectivity index (χ0v) is 15.6. The van der Waals surface area contributed by atoms with Crippen molar-refractivity contribution in [3.8, 4) is 5.75 Å². The molecule has 0 fully saturated rings. The van der Waals surface area contributed by atoms with Gasteiger partial charge in [0.15, 0.2) is 6.61 Å². The van der Waals surface area contributed by atoms with E-state index >= 15 is 0 Å². The highest BCUT2D eigenvalue weighted by Crippen LogP contribution is 2.18. The number of hydrogen-bond donors (Lipinski definition) is 1. The lowest BCUT2D eigenvalue weighted by Gasteiger charge is -2.10. The molecule has 2 aromatic rings. The fourth-order valence-corrected chi connectivity index (χ4v) is 2.65. The standard InChI is InChI=1S/C18H18INO4/c1-3-23-18(22)13-4-7-15(8-5-13)24-11-17(21)20-16-9-6-14(19)10-12(16)2/h4-10H,3,11H2,1-2H3,(H,20,21). The second-order valence-electron chi connectivity index (χ2n) is 5.04. The minimum atomic E-state index is -0.379. The SMILES string of the molecule is CCOC(=O)c1ccc(OCC(=O)Nc2ccc(I)cc2C)cc1. The predicted octanol–water partition coefficient (Wildman–Crippen LogP) is 3.79. The maximum atomic E-state index is 12.0. The molecule has 0 atom stereocenters. The summed E-state index contributed by atoms with van der Waals surface area (Å²) in [5, 5.41) is 2.81. The Kier molecular flexibility index (Phi) is 6.60. The summed E-state index contributed by atoms with van der Waals surface area (Å²) in [5.41, 5.74) is 2.21. The lowest BCUT2D eigenvalue weighted by molar-refractivity contribution is -0.118. The van der Waals surface area contributed by atoms with Crippen LogP contribution in [0.2, 0.25) is 0 Å². The van der Waals surface area contributed by atoms with E-state index in [0.717, 1.165) is 14.8 Å². The highest BCUT2D eigenvalue weighted by Gasteiger charge is 2.08. The number of halogens is 1. The van der Waals surface area contributed by atoms with Crippen LogP contribution in [0.25, 0.3) is 0 Å². The minimum absolute atomic E-state index is 0.107. The van der Waals surface area contributed by atoms with Gasteiger partial charge >= 0.3 is 5.97 Å². The Labute approximate surface area is 154 Å². The first-order valence-corrected chi connectivity index (χ1v) is 8.53. The van der Waals surface area contributed by atoms with E-state index in [9.17, 15) is 9.59 Å². The molecule has 0 aromatic heterocycles. The lowest BCUT2D eigenvalue weighted by atomic mass is 10.2. The van der Waals surface area contributed by atoms with E-state index in [1.807, 2.05) is 25.1 Å². The topological polar surface area (TPSA) is 64.6 Å². The van der Waals surface area contributed by atoms with Gasteiger partial charge in [-0.25, -0.2) is 4.79 Å². The van der Waals surface area contributed by atoms with Crippen LogP contribution in [-0.4, -0.2) is 25.1 Å². The molecule has 0 aliphatic heterocycles. The van der Waals surface area contributed by atoms with Gasteiger partial charge in [0.05, 0.1) is 12.2 Å². The van der Waals surface area contributed by atoms with Crippen LogP contribution >= 0.6 is 22.6 Å². The lowest BCUT2D eigenvalue weighted by Crippen LogP contribution is -2.20. The third-order valence-corrected chi connectivity index (χ3v) is 3.87. The fraction of sp³-hybridized carbons (Fsp3) is 0.222. The van der Waals surface area contributed by atoms with Gasteiger partial charge < -0.3 is 14.8 Å². The van der Waals surface area contributed by atoms with Gasteiger partial charge in [0.1, 0.15) is 5.75 Å². The summed E-state index contributed by atoms with van der Waals surface area (Å²) in [5.74, 6) is -0.109. The van der Waals surface area contributed by atoms with Crippen LogP contribution in [0.3, 0.4) is 0 Å². The molecular formula is C18H18INO4. The van der Waals surface area contributed by atoms with E-state index in [2.05, 4.69) is 27.9 Å². The summed E-state index contributed by atoms with van der Waals surface area (Å²) in [4.78, 5) is 23.5. The Morgan fingerprint density at radius 3 is 2.46 bits per heavy atom. The van der Waals surface area contributed by atoms with Crippen LogP contribution < -0.4 is 10.1 Å². The van der Waals surface area contributed by atoms with Gasteiger partial charge in [-0.2, -0.15) is 0 Å². The van der Waals surface area contributed by atoms with Crippen molar-refractivity contribution in [1.82, 2.24) is 0 Å². The summed E-state index contributed by atoms with van der Waals surface area (Å²) in [6.45, 7) is 3.91. The third-order valence-electron chi connectivity index (χ3n) is 3.20. The van der Waals surface area contributed by atoms with Crippen LogP contribution in [0.5, 0.6) is 5.75 Å². The van der Waals surface area contributed by atoms with Crippen molar-refractivity contribution in [2.75, 3.05) is 18.5 Å². The van der Waals surface area contributed by atoms with Crippen LogP contribution in [0.1, 0.15) is 22.8 Å². The number of benzene rings is 2. The van der Waals surface area contributed by atoms with E-state index in [1.165, 1.54) is 0 Å².